The summed E-state index contributed by atoms with van der Waals surface area (Å²) in [6.45, 7) is 12.6. The summed E-state index contributed by atoms with van der Waals surface area (Å²) in [6.07, 6.45) is 2.94. The van der Waals surface area contributed by atoms with Gasteiger partial charge in [-0.25, -0.2) is 0 Å². The van der Waals surface area contributed by atoms with Crippen LogP contribution >= 0.6 is 0 Å². The van der Waals surface area contributed by atoms with Gasteiger partial charge in [0.2, 0.25) is 5.91 Å². The van der Waals surface area contributed by atoms with E-state index in [2.05, 4.69) is 19.2 Å². The molecule has 0 aromatic rings. The highest BCUT2D eigenvalue weighted by atomic mass is 16.5. The van der Waals surface area contributed by atoms with Crippen molar-refractivity contribution in [1.82, 2.24) is 4.90 Å². The summed E-state index contributed by atoms with van der Waals surface area (Å²) in [7, 11) is 0. The molecule has 17 heavy (non-hydrogen) atoms. The molecule has 98 valence electrons. The zero-order chi connectivity index (χ0) is 13.3. The molecule has 1 unspecified atom stereocenters. The predicted octanol–water partition coefficient (Wildman–Crippen LogP) is 3.32. The maximum atomic E-state index is 11.6. The van der Waals surface area contributed by atoms with Crippen LogP contribution in [-0.4, -0.2) is 24.1 Å². The van der Waals surface area contributed by atoms with Gasteiger partial charge < -0.3 is 9.64 Å². The van der Waals surface area contributed by atoms with Crippen LogP contribution in [-0.2, 0) is 9.53 Å². The Morgan fingerprint density at radius 3 is 2.76 bits per heavy atom. The second kappa shape index (κ2) is 8.89. The van der Waals surface area contributed by atoms with Crippen molar-refractivity contribution in [3.8, 4) is 0 Å². The molecular formula is C14H25NO2. The summed E-state index contributed by atoms with van der Waals surface area (Å²) in [5.74, 6) is 1.35. The Morgan fingerprint density at radius 2 is 2.24 bits per heavy atom. The first kappa shape index (κ1) is 15.8. The third-order valence-electron chi connectivity index (χ3n) is 2.68. The number of carbonyl (C=O) groups is 1. The highest BCUT2D eigenvalue weighted by molar-refractivity contribution is 5.78. The van der Waals surface area contributed by atoms with Gasteiger partial charge in [-0.15, -0.1) is 0 Å². The number of amides is 1. The highest BCUT2D eigenvalue weighted by Crippen LogP contribution is 2.22. The van der Waals surface area contributed by atoms with Crippen LogP contribution in [0.15, 0.2) is 18.1 Å². The number of carbonyl (C=O) groups excluding carboxylic acids is 1. The van der Waals surface area contributed by atoms with Crippen molar-refractivity contribution in [2.45, 2.75) is 47.0 Å². The number of likely N-dealkylation sites (tertiary alicyclic amines) is 1. The van der Waals surface area contributed by atoms with Gasteiger partial charge in [0.15, 0.2) is 6.73 Å². The molecule has 0 aromatic heterocycles. The fourth-order valence-electron chi connectivity index (χ4n) is 1.81. The van der Waals surface area contributed by atoms with E-state index in [1.165, 1.54) is 0 Å². The number of allylic oxidation sites excluding steroid dienone is 1. The van der Waals surface area contributed by atoms with Gasteiger partial charge in [0.1, 0.15) is 5.76 Å². The minimum Gasteiger partial charge on any atom is -0.470 e. The van der Waals surface area contributed by atoms with Gasteiger partial charge in [-0.3, -0.25) is 4.79 Å². The van der Waals surface area contributed by atoms with E-state index < -0.39 is 0 Å². The Balaban J connectivity index is 0.00000121. The lowest BCUT2D eigenvalue weighted by atomic mass is 10.0. The summed E-state index contributed by atoms with van der Waals surface area (Å²) < 4.78 is 5.32. The summed E-state index contributed by atoms with van der Waals surface area (Å²) in [6, 6.07) is 0. The van der Waals surface area contributed by atoms with Crippen LogP contribution < -0.4 is 0 Å². The van der Waals surface area contributed by atoms with Crippen LogP contribution in [0, 0.1) is 5.92 Å². The molecule has 1 aliphatic rings. The van der Waals surface area contributed by atoms with Crippen molar-refractivity contribution in [1.29, 1.82) is 0 Å². The number of nitrogens with zero attached hydrogens (tertiary/aromatic N) is 1. The Morgan fingerprint density at radius 1 is 1.59 bits per heavy atom. The molecule has 0 spiro atoms. The molecule has 0 aromatic carbocycles. The standard InChI is InChI=1S/C12H19NO2.C2H6/c1-4-6-11-7-12(14)13(8-11)9-15-10(3)5-2;1-2/h11H,2,4,6-9H2,1,3H3;1-2H3. The highest BCUT2D eigenvalue weighted by Gasteiger charge is 2.28. The van der Waals surface area contributed by atoms with E-state index in [0.717, 1.165) is 19.4 Å². The third kappa shape index (κ3) is 5.60. The molecule has 1 aliphatic heterocycles. The maximum absolute atomic E-state index is 11.6. The van der Waals surface area contributed by atoms with Crippen molar-refractivity contribution in [2.75, 3.05) is 13.3 Å². The van der Waals surface area contributed by atoms with Crippen LogP contribution in [0.5, 0.6) is 0 Å². The van der Waals surface area contributed by atoms with Crippen LogP contribution in [0.25, 0.3) is 0 Å². The molecular weight excluding hydrogens is 214 g/mol. The summed E-state index contributed by atoms with van der Waals surface area (Å²) >= 11 is 0. The molecule has 0 saturated carbocycles. The number of ether oxygens (including phenoxy) is 1. The minimum absolute atomic E-state index is 0.199. The largest absolute Gasteiger partial charge is 0.470 e. The van der Waals surface area contributed by atoms with Crippen LogP contribution in [0.3, 0.4) is 0 Å². The lowest BCUT2D eigenvalue weighted by molar-refractivity contribution is -0.131. The zero-order valence-corrected chi connectivity index (χ0v) is 11.6. The summed E-state index contributed by atoms with van der Waals surface area (Å²) in [5, 5.41) is 0. The SMILES string of the molecule is C=C=C(C)OCN1CC(CCC)CC1=O.CC. The zero-order valence-electron chi connectivity index (χ0n) is 11.6. The quantitative estimate of drug-likeness (QED) is 0.544. The lowest BCUT2D eigenvalue weighted by Gasteiger charge is -2.16. The summed E-state index contributed by atoms with van der Waals surface area (Å²) in [4.78, 5) is 13.3. The van der Waals surface area contributed by atoms with Crippen molar-refractivity contribution in [3.63, 3.8) is 0 Å². The van der Waals surface area contributed by atoms with E-state index in [9.17, 15) is 4.79 Å². The Labute approximate surface area is 105 Å². The van der Waals surface area contributed by atoms with Crippen molar-refractivity contribution < 1.29 is 9.53 Å². The number of hydrogen-bond acceptors (Lipinski definition) is 2. The molecule has 1 fully saturated rings. The van der Waals surface area contributed by atoms with Gasteiger partial charge in [0.25, 0.3) is 0 Å². The second-order valence-electron chi connectivity index (χ2n) is 3.98. The first-order chi connectivity index (χ1) is 8.17. The summed E-state index contributed by atoms with van der Waals surface area (Å²) in [5.41, 5.74) is 2.65. The second-order valence-corrected chi connectivity index (χ2v) is 3.98. The molecule has 0 bridgehead atoms. The number of hydrogen-bond donors (Lipinski definition) is 0. The van der Waals surface area contributed by atoms with Gasteiger partial charge in [-0.05, 0) is 12.3 Å². The molecule has 1 amide bonds. The molecule has 1 rings (SSSR count). The topological polar surface area (TPSA) is 29.5 Å². The fourth-order valence-corrected chi connectivity index (χ4v) is 1.81. The Bertz CT molecular complexity index is 280. The minimum atomic E-state index is 0.199. The monoisotopic (exact) mass is 239 g/mol. The lowest BCUT2D eigenvalue weighted by Crippen LogP contribution is -2.27. The van der Waals surface area contributed by atoms with Crippen molar-refractivity contribution in [3.05, 3.63) is 18.1 Å². The van der Waals surface area contributed by atoms with E-state index in [-0.39, 0.29) is 5.91 Å². The van der Waals surface area contributed by atoms with E-state index in [1.807, 2.05) is 13.8 Å². The molecule has 3 nitrogen and oxygen atoms in total. The maximum Gasteiger partial charge on any atom is 0.225 e. The normalized spacial score (nSPS) is 18.2. The first-order valence-electron chi connectivity index (χ1n) is 6.44. The average molecular weight is 239 g/mol. The van der Waals surface area contributed by atoms with Gasteiger partial charge >= 0.3 is 0 Å². The van der Waals surface area contributed by atoms with Crippen LogP contribution in [0.4, 0.5) is 0 Å². The Kier molecular flexibility index (Phi) is 8.25. The predicted molar refractivity (Wildman–Crippen MR) is 70.4 cm³/mol. The average Bonchev–Trinajstić information content (AvgIpc) is 2.69. The van der Waals surface area contributed by atoms with E-state index in [0.29, 0.717) is 24.8 Å². The molecule has 0 aliphatic carbocycles. The third-order valence-corrected chi connectivity index (χ3v) is 2.68. The molecule has 0 radical (unpaired) electrons. The van der Waals surface area contributed by atoms with Gasteiger partial charge in [-0.1, -0.05) is 39.5 Å². The van der Waals surface area contributed by atoms with E-state index in [4.69, 9.17) is 4.74 Å². The van der Waals surface area contributed by atoms with Gasteiger partial charge in [-0.2, -0.15) is 0 Å². The molecule has 1 heterocycles. The Hall–Kier alpha value is -1.21. The fraction of sp³-hybridized carbons (Fsp3) is 0.714. The molecule has 1 atom stereocenters. The van der Waals surface area contributed by atoms with Crippen molar-refractivity contribution in [2.24, 2.45) is 5.92 Å². The van der Waals surface area contributed by atoms with Crippen LogP contribution in [0.1, 0.15) is 47.0 Å². The van der Waals surface area contributed by atoms with Crippen molar-refractivity contribution >= 4 is 5.91 Å². The molecule has 1 saturated heterocycles. The smallest absolute Gasteiger partial charge is 0.225 e. The van der Waals surface area contributed by atoms with Gasteiger partial charge in [0, 0.05) is 19.9 Å². The number of rotatable bonds is 5. The van der Waals surface area contributed by atoms with Crippen LogP contribution in [0.2, 0.25) is 0 Å². The van der Waals surface area contributed by atoms with E-state index in [1.54, 1.807) is 11.8 Å². The first-order valence-corrected chi connectivity index (χ1v) is 6.44. The van der Waals surface area contributed by atoms with Gasteiger partial charge in [0.05, 0.1) is 0 Å². The van der Waals surface area contributed by atoms with E-state index >= 15 is 0 Å². The molecule has 0 N–H and O–H groups in total. The molecule has 3 heteroatoms.